The van der Waals surface area contributed by atoms with Gasteiger partial charge in [-0.05, 0) is 44.0 Å². The van der Waals surface area contributed by atoms with E-state index in [4.69, 9.17) is 10.5 Å². The summed E-state index contributed by atoms with van der Waals surface area (Å²) in [5, 5.41) is 2.79. The zero-order chi connectivity index (χ0) is 17.8. The van der Waals surface area contributed by atoms with Gasteiger partial charge in [0.05, 0.1) is 18.0 Å². The highest BCUT2D eigenvalue weighted by Crippen LogP contribution is 2.32. The van der Waals surface area contributed by atoms with Gasteiger partial charge in [-0.25, -0.2) is 0 Å². The molecule has 8 heteroatoms. The van der Waals surface area contributed by atoms with Crippen LogP contribution < -0.4 is 15.8 Å². The third-order valence-corrected chi connectivity index (χ3v) is 4.42. The molecule has 1 fully saturated rings. The van der Waals surface area contributed by atoms with E-state index in [-0.39, 0.29) is 37.4 Å². The van der Waals surface area contributed by atoms with Gasteiger partial charge in [0.15, 0.2) is 0 Å². The summed E-state index contributed by atoms with van der Waals surface area (Å²) < 4.78 is 42.7. The number of hydrogen-bond donors (Lipinski definition) is 2. The zero-order valence-corrected chi connectivity index (χ0v) is 14.9. The number of nitrogens with one attached hydrogen (secondary N) is 1. The Kier molecular flexibility index (Phi) is 7.56. The first kappa shape index (κ1) is 21.6. The van der Waals surface area contributed by atoms with Crippen LogP contribution in [0.25, 0.3) is 0 Å². The van der Waals surface area contributed by atoms with Gasteiger partial charge in [-0.3, -0.25) is 4.79 Å². The smallest absolute Gasteiger partial charge is 0.416 e. The maximum Gasteiger partial charge on any atom is 0.416 e. The van der Waals surface area contributed by atoms with Crippen LogP contribution in [-0.4, -0.2) is 24.6 Å². The standard InChI is InChI=1S/C17H23F3N2O2.ClH/c1-16(21)9-3-2-4-14(16)15(23)22-10-11-24-13-7-5-12(6-8-13)17(18,19)20;/h5-8,14H,2-4,9-11,21H2,1H3,(H,22,23);1H. The molecule has 1 aromatic rings. The largest absolute Gasteiger partial charge is 0.492 e. The van der Waals surface area contributed by atoms with Gasteiger partial charge >= 0.3 is 6.18 Å². The molecule has 2 atom stereocenters. The monoisotopic (exact) mass is 380 g/mol. The predicted octanol–water partition coefficient (Wildman–Crippen LogP) is 3.53. The van der Waals surface area contributed by atoms with Crippen LogP contribution in [0.5, 0.6) is 5.75 Å². The summed E-state index contributed by atoms with van der Waals surface area (Å²) in [5.41, 5.74) is 4.97. The molecule has 0 aliphatic heterocycles. The molecular weight excluding hydrogens is 357 g/mol. The molecule has 2 rings (SSSR count). The quantitative estimate of drug-likeness (QED) is 0.768. The minimum absolute atomic E-state index is 0. The lowest BCUT2D eigenvalue weighted by Gasteiger charge is -2.37. The van der Waals surface area contributed by atoms with Gasteiger partial charge in [0.2, 0.25) is 5.91 Å². The Hall–Kier alpha value is -1.47. The number of ether oxygens (including phenoxy) is 1. The van der Waals surface area contributed by atoms with Gasteiger partial charge in [0.1, 0.15) is 12.4 Å². The topological polar surface area (TPSA) is 64.4 Å². The molecule has 1 saturated carbocycles. The van der Waals surface area contributed by atoms with Gasteiger partial charge < -0.3 is 15.8 Å². The Morgan fingerprint density at radius 1 is 1.32 bits per heavy atom. The van der Waals surface area contributed by atoms with Crippen molar-refractivity contribution in [3.8, 4) is 5.75 Å². The maximum atomic E-state index is 12.5. The van der Waals surface area contributed by atoms with Crippen molar-refractivity contribution in [1.82, 2.24) is 5.32 Å². The number of alkyl halides is 3. The fraction of sp³-hybridized carbons (Fsp3) is 0.588. The SMILES string of the molecule is CC1(N)CCCCC1C(=O)NCCOc1ccc(C(F)(F)F)cc1.Cl. The number of halogens is 4. The zero-order valence-electron chi connectivity index (χ0n) is 14.1. The molecule has 0 saturated heterocycles. The van der Waals surface area contributed by atoms with Gasteiger partial charge in [-0.2, -0.15) is 13.2 Å². The van der Waals surface area contributed by atoms with Crippen molar-refractivity contribution in [1.29, 1.82) is 0 Å². The van der Waals surface area contributed by atoms with E-state index in [1.165, 1.54) is 12.1 Å². The van der Waals surface area contributed by atoms with Crippen LogP contribution in [0.2, 0.25) is 0 Å². The Bertz CT molecular complexity index is 562. The third-order valence-electron chi connectivity index (χ3n) is 4.42. The molecule has 0 bridgehead atoms. The summed E-state index contributed by atoms with van der Waals surface area (Å²) in [4.78, 5) is 12.2. The van der Waals surface area contributed by atoms with E-state index in [1.54, 1.807) is 0 Å². The Morgan fingerprint density at radius 3 is 2.52 bits per heavy atom. The number of nitrogens with two attached hydrogens (primary N) is 1. The molecule has 2 unspecified atom stereocenters. The molecule has 142 valence electrons. The number of benzene rings is 1. The fourth-order valence-corrected chi connectivity index (χ4v) is 3.00. The number of hydrogen-bond acceptors (Lipinski definition) is 3. The first-order valence-electron chi connectivity index (χ1n) is 8.07. The molecule has 0 radical (unpaired) electrons. The van der Waals surface area contributed by atoms with Crippen molar-refractivity contribution < 1.29 is 22.7 Å². The molecule has 0 spiro atoms. The number of rotatable bonds is 5. The van der Waals surface area contributed by atoms with Gasteiger partial charge in [0.25, 0.3) is 0 Å². The summed E-state index contributed by atoms with van der Waals surface area (Å²) in [6.07, 6.45) is -0.728. The maximum absolute atomic E-state index is 12.5. The summed E-state index contributed by atoms with van der Waals surface area (Å²) in [6.45, 7) is 2.37. The third kappa shape index (κ3) is 6.08. The molecule has 0 aromatic heterocycles. The second-order valence-corrected chi connectivity index (χ2v) is 6.47. The van der Waals surface area contributed by atoms with Crippen LogP contribution in [-0.2, 0) is 11.0 Å². The number of amides is 1. The summed E-state index contributed by atoms with van der Waals surface area (Å²) in [7, 11) is 0. The van der Waals surface area contributed by atoms with E-state index in [0.29, 0.717) is 5.75 Å². The van der Waals surface area contributed by atoms with Crippen LogP contribution >= 0.6 is 12.4 Å². The highest BCUT2D eigenvalue weighted by atomic mass is 35.5. The second kappa shape index (κ2) is 8.76. The van der Waals surface area contributed by atoms with Gasteiger partial charge in [0, 0.05) is 5.54 Å². The van der Waals surface area contributed by atoms with E-state index in [2.05, 4.69) is 5.32 Å². The summed E-state index contributed by atoms with van der Waals surface area (Å²) in [6, 6.07) is 4.47. The molecule has 25 heavy (non-hydrogen) atoms. The minimum atomic E-state index is -4.36. The highest BCUT2D eigenvalue weighted by Gasteiger charge is 2.37. The van der Waals surface area contributed by atoms with Crippen LogP contribution in [0, 0.1) is 5.92 Å². The van der Waals surface area contributed by atoms with Crippen molar-refractivity contribution >= 4 is 18.3 Å². The molecular formula is C17H24ClF3N2O2. The molecule has 1 aromatic carbocycles. The molecule has 3 N–H and O–H groups in total. The van der Waals surface area contributed by atoms with E-state index >= 15 is 0 Å². The number of carbonyl (C=O) groups excluding carboxylic acids is 1. The summed E-state index contributed by atoms with van der Waals surface area (Å²) in [5.74, 6) is 0.0339. The Morgan fingerprint density at radius 2 is 1.96 bits per heavy atom. The first-order chi connectivity index (χ1) is 11.2. The lowest BCUT2D eigenvalue weighted by atomic mass is 9.74. The van der Waals surface area contributed by atoms with E-state index in [1.807, 2.05) is 6.92 Å². The lowest BCUT2D eigenvalue weighted by Crippen LogP contribution is -2.53. The van der Waals surface area contributed by atoms with Crippen LogP contribution in [0.3, 0.4) is 0 Å². The number of carbonyl (C=O) groups is 1. The van der Waals surface area contributed by atoms with Gasteiger partial charge in [-0.1, -0.05) is 12.8 Å². The Labute approximate surface area is 151 Å². The Balaban J connectivity index is 0.00000312. The van der Waals surface area contributed by atoms with Crippen molar-refractivity contribution in [2.75, 3.05) is 13.2 Å². The van der Waals surface area contributed by atoms with Crippen LogP contribution in [0.1, 0.15) is 38.2 Å². The predicted molar refractivity (Wildman–Crippen MR) is 91.7 cm³/mol. The second-order valence-electron chi connectivity index (χ2n) is 6.47. The van der Waals surface area contributed by atoms with Crippen molar-refractivity contribution in [3.05, 3.63) is 29.8 Å². The van der Waals surface area contributed by atoms with Crippen molar-refractivity contribution in [2.45, 2.75) is 44.3 Å². The summed E-state index contributed by atoms with van der Waals surface area (Å²) >= 11 is 0. The normalized spacial score (nSPS) is 23.5. The fourth-order valence-electron chi connectivity index (χ4n) is 3.00. The first-order valence-corrected chi connectivity index (χ1v) is 8.07. The average Bonchev–Trinajstić information content (AvgIpc) is 2.50. The molecule has 1 amide bonds. The molecule has 1 aliphatic rings. The van der Waals surface area contributed by atoms with Crippen LogP contribution in [0.15, 0.2) is 24.3 Å². The molecule has 0 heterocycles. The molecule has 1 aliphatic carbocycles. The minimum Gasteiger partial charge on any atom is -0.492 e. The van der Waals surface area contributed by atoms with Crippen molar-refractivity contribution in [3.63, 3.8) is 0 Å². The van der Waals surface area contributed by atoms with E-state index in [9.17, 15) is 18.0 Å². The van der Waals surface area contributed by atoms with E-state index in [0.717, 1.165) is 37.8 Å². The van der Waals surface area contributed by atoms with Crippen molar-refractivity contribution in [2.24, 2.45) is 11.7 Å². The molecule has 4 nitrogen and oxygen atoms in total. The van der Waals surface area contributed by atoms with E-state index < -0.39 is 17.3 Å². The van der Waals surface area contributed by atoms with Crippen LogP contribution in [0.4, 0.5) is 13.2 Å². The highest BCUT2D eigenvalue weighted by molar-refractivity contribution is 5.85. The average molecular weight is 381 g/mol. The lowest BCUT2D eigenvalue weighted by molar-refractivity contribution is -0.137. The van der Waals surface area contributed by atoms with Gasteiger partial charge in [-0.15, -0.1) is 12.4 Å².